The van der Waals surface area contributed by atoms with Gasteiger partial charge >= 0.3 is 0 Å². The highest BCUT2D eigenvalue weighted by Gasteiger charge is 2.31. The number of carbonyl (C=O) groups is 1. The zero-order valence-corrected chi connectivity index (χ0v) is 15.7. The lowest BCUT2D eigenvalue weighted by Crippen LogP contribution is -2.38. The maximum Gasteiger partial charge on any atom is 0.255 e. The van der Waals surface area contributed by atoms with E-state index in [4.69, 9.17) is 11.6 Å². The number of aromatic nitrogens is 2. The molecule has 1 aromatic heterocycles. The lowest BCUT2D eigenvalue weighted by Gasteiger charge is -2.29. The number of hydrogen-bond donors (Lipinski definition) is 0. The lowest BCUT2D eigenvalue weighted by molar-refractivity contribution is 0.0661. The number of nitrogens with zero attached hydrogens (tertiary/aromatic N) is 3. The molecule has 2 aliphatic rings. The van der Waals surface area contributed by atoms with Crippen LogP contribution in [0.5, 0.6) is 0 Å². The molecule has 0 N–H and O–H groups in total. The second-order valence-electron chi connectivity index (χ2n) is 7.34. The first-order chi connectivity index (χ1) is 12.5. The van der Waals surface area contributed by atoms with Gasteiger partial charge in [-0.2, -0.15) is 5.10 Å². The van der Waals surface area contributed by atoms with Crippen LogP contribution in [-0.4, -0.2) is 26.6 Å². The van der Waals surface area contributed by atoms with E-state index in [0.717, 1.165) is 50.6 Å². The molecule has 1 fully saturated rings. The van der Waals surface area contributed by atoms with Crippen molar-refractivity contribution in [3.05, 3.63) is 51.6 Å². The van der Waals surface area contributed by atoms with Gasteiger partial charge in [0.2, 0.25) is 0 Å². The van der Waals surface area contributed by atoms with E-state index >= 15 is 0 Å². The third-order valence-corrected chi connectivity index (χ3v) is 6.02. The summed E-state index contributed by atoms with van der Waals surface area (Å²) in [4.78, 5) is 15.2. The van der Waals surface area contributed by atoms with Crippen LogP contribution in [0.1, 0.15) is 59.4 Å². The summed E-state index contributed by atoms with van der Waals surface area (Å²) in [5.41, 5.74) is 3.96. The van der Waals surface area contributed by atoms with Crippen molar-refractivity contribution in [2.45, 2.75) is 57.5 Å². The molecule has 2 aromatic rings. The standard InChI is InChI=1S/C20H23ClFN3O/c1-24-19-8-4-7-16(19)18(23-24)12-25(14-5-2-3-6-14)20(26)15-10-9-13(22)11-17(15)21/h9-11,14H,2-8,12H2,1H3. The zero-order valence-electron chi connectivity index (χ0n) is 15.0. The number of fused-ring (bicyclic) bond motifs is 1. The lowest BCUT2D eigenvalue weighted by atomic mass is 10.1. The van der Waals surface area contributed by atoms with E-state index in [1.807, 2.05) is 16.6 Å². The van der Waals surface area contributed by atoms with E-state index in [1.165, 1.54) is 29.5 Å². The Morgan fingerprint density at radius 3 is 2.81 bits per heavy atom. The Balaban J connectivity index is 1.66. The molecule has 4 rings (SSSR count). The first kappa shape index (κ1) is 17.5. The van der Waals surface area contributed by atoms with Crippen molar-refractivity contribution in [2.75, 3.05) is 0 Å². The van der Waals surface area contributed by atoms with Crippen LogP contribution in [0.3, 0.4) is 0 Å². The van der Waals surface area contributed by atoms with Crippen molar-refractivity contribution < 1.29 is 9.18 Å². The predicted octanol–water partition coefficient (Wildman–Crippen LogP) is 4.29. The van der Waals surface area contributed by atoms with Crippen LogP contribution >= 0.6 is 11.6 Å². The Morgan fingerprint density at radius 1 is 1.31 bits per heavy atom. The summed E-state index contributed by atoms with van der Waals surface area (Å²) >= 11 is 6.17. The Morgan fingerprint density at radius 2 is 2.08 bits per heavy atom. The number of aryl methyl sites for hydroxylation is 1. The predicted molar refractivity (Wildman–Crippen MR) is 98.8 cm³/mol. The van der Waals surface area contributed by atoms with Gasteiger partial charge in [0.1, 0.15) is 5.82 Å². The van der Waals surface area contributed by atoms with Gasteiger partial charge in [0.05, 0.1) is 22.8 Å². The summed E-state index contributed by atoms with van der Waals surface area (Å²) in [6.07, 6.45) is 7.49. The average Bonchev–Trinajstić information content (AvgIpc) is 3.32. The molecule has 2 aliphatic carbocycles. The van der Waals surface area contributed by atoms with Gasteiger partial charge in [-0.15, -0.1) is 0 Å². The van der Waals surface area contributed by atoms with Crippen molar-refractivity contribution >= 4 is 17.5 Å². The first-order valence-corrected chi connectivity index (χ1v) is 9.72. The first-order valence-electron chi connectivity index (χ1n) is 9.34. The van der Waals surface area contributed by atoms with Crippen LogP contribution in [0, 0.1) is 5.82 Å². The molecule has 6 heteroatoms. The second kappa shape index (κ2) is 7.03. The highest BCUT2D eigenvalue weighted by molar-refractivity contribution is 6.33. The molecule has 4 nitrogen and oxygen atoms in total. The summed E-state index contributed by atoms with van der Waals surface area (Å²) in [7, 11) is 1.98. The molecule has 26 heavy (non-hydrogen) atoms. The Hall–Kier alpha value is -1.88. The van der Waals surface area contributed by atoms with Gasteiger partial charge in [0.15, 0.2) is 0 Å². The topological polar surface area (TPSA) is 38.1 Å². The SMILES string of the molecule is Cn1nc(CN(C(=O)c2ccc(F)cc2Cl)C2CCCC2)c2c1CCC2. The third-order valence-electron chi connectivity index (χ3n) is 5.71. The van der Waals surface area contributed by atoms with Crippen molar-refractivity contribution in [3.8, 4) is 0 Å². The van der Waals surface area contributed by atoms with Gasteiger partial charge in [0.25, 0.3) is 5.91 Å². The fraction of sp³-hybridized carbons (Fsp3) is 0.500. The van der Waals surface area contributed by atoms with Crippen LogP contribution < -0.4 is 0 Å². The van der Waals surface area contributed by atoms with Gasteiger partial charge in [-0.25, -0.2) is 4.39 Å². The van der Waals surface area contributed by atoms with Gasteiger partial charge in [-0.05, 0) is 55.9 Å². The molecular weight excluding hydrogens is 353 g/mol. The van der Waals surface area contributed by atoms with Crippen LogP contribution in [0.2, 0.25) is 5.02 Å². The van der Waals surface area contributed by atoms with Crippen LogP contribution in [-0.2, 0) is 26.4 Å². The molecule has 1 amide bonds. The maximum atomic E-state index is 13.4. The van der Waals surface area contributed by atoms with Crippen molar-refractivity contribution in [3.63, 3.8) is 0 Å². The fourth-order valence-electron chi connectivity index (χ4n) is 4.39. The smallest absolute Gasteiger partial charge is 0.255 e. The molecule has 1 heterocycles. The molecule has 0 unspecified atom stereocenters. The van der Waals surface area contributed by atoms with Gasteiger partial charge < -0.3 is 4.90 Å². The maximum absolute atomic E-state index is 13.4. The van der Waals surface area contributed by atoms with E-state index in [2.05, 4.69) is 5.10 Å². The Bertz CT molecular complexity index is 842. The summed E-state index contributed by atoms with van der Waals surface area (Å²) < 4.78 is 15.3. The van der Waals surface area contributed by atoms with E-state index in [1.54, 1.807) is 0 Å². The second-order valence-corrected chi connectivity index (χ2v) is 7.75. The minimum Gasteiger partial charge on any atom is -0.330 e. The number of benzene rings is 1. The van der Waals surface area contributed by atoms with Gasteiger partial charge in [-0.1, -0.05) is 24.4 Å². The molecule has 0 aliphatic heterocycles. The number of amides is 1. The average molecular weight is 376 g/mol. The number of rotatable bonds is 4. The summed E-state index contributed by atoms with van der Waals surface area (Å²) in [6, 6.07) is 4.19. The van der Waals surface area contributed by atoms with E-state index in [-0.39, 0.29) is 17.0 Å². The molecule has 138 valence electrons. The molecule has 0 saturated heterocycles. The number of carbonyl (C=O) groups excluding carboxylic acids is 1. The molecule has 0 spiro atoms. The Kier molecular flexibility index (Phi) is 4.74. The van der Waals surface area contributed by atoms with Crippen LogP contribution in [0.15, 0.2) is 18.2 Å². The Labute approximate surface area is 157 Å². The highest BCUT2D eigenvalue weighted by atomic mass is 35.5. The van der Waals surface area contributed by atoms with Crippen LogP contribution in [0.25, 0.3) is 0 Å². The monoisotopic (exact) mass is 375 g/mol. The molecular formula is C20H23ClFN3O. The van der Waals surface area contributed by atoms with E-state index in [9.17, 15) is 9.18 Å². The largest absolute Gasteiger partial charge is 0.330 e. The van der Waals surface area contributed by atoms with Crippen LogP contribution in [0.4, 0.5) is 4.39 Å². The molecule has 1 aromatic carbocycles. The van der Waals surface area contributed by atoms with E-state index < -0.39 is 5.82 Å². The highest BCUT2D eigenvalue weighted by Crippen LogP contribution is 2.31. The normalized spacial score (nSPS) is 16.9. The molecule has 0 radical (unpaired) electrons. The van der Waals surface area contributed by atoms with Crippen molar-refractivity contribution in [2.24, 2.45) is 7.05 Å². The van der Waals surface area contributed by atoms with Gasteiger partial charge in [0, 0.05) is 18.8 Å². The minimum atomic E-state index is -0.429. The number of hydrogen-bond acceptors (Lipinski definition) is 2. The summed E-state index contributed by atoms with van der Waals surface area (Å²) in [5, 5.41) is 4.86. The molecule has 0 bridgehead atoms. The molecule has 1 saturated carbocycles. The summed E-state index contributed by atoms with van der Waals surface area (Å²) in [5.74, 6) is -0.555. The summed E-state index contributed by atoms with van der Waals surface area (Å²) in [6.45, 7) is 0.500. The van der Waals surface area contributed by atoms with Gasteiger partial charge in [-0.3, -0.25) is 9.48 Å². The molecule has 0 atom stereocenters. The fourth-order valence-corrected chi connectivity index (χ4v) is 4.63. The van der Waals surface area contributed by atoms with Crippen molar-refractivity contribution in [1.82, 2.24) is 14.7 Å². The van der Waals surface area contributed by atoms with Crippen molar-refractivity contribution in [1.29, 1.82) is 0 Å². The zero-order chi connectivity index (χ0) is 18.3. The third kappa shape index (κ3) is 3.13. The quantitative estimate of drug-likeness (QED) is 0.799. The van der Waals surface area contributed by atoms with E-state index in [0.29, 0.717) is 12.1 Å². The number of halogens is 2. The minimum absolute atomic E-state index is 0.126.